The fraction of sp³-hybridized carbons (Fsp3) is 0.174. The number of hydrogen-bond donors (Lipinski definition) is 2. The van der Waals surface area contributed by atoms with Gasteiger partial charge in [0.15, 0.2) is 6.61 Å². The Kier molecular flexibility index (Phi) is 6.43. The highest BCUT2D eigenvalue weighted by molar-refractivity contribution is 7.20. The molecule has 0 aliphatic heterocycles. The number of rotatable bonds is 8. The first-order valence-electron chi connectivity index (χ1n) is 9.89. The number of benzene rings is 2. The fourth-order valence-electron chi connectivity index (χ4n) is 3.25. The van der Waals surface area contributed by atoms with Crippen molar-refractivity contribution in [3.05, 3.63) is 81.3 Å². The first-order valence-corrected chi connectivity index (χ1v) is 11.1. The molecule has 4 aromatic rings. The van der Waals surface area contributed by atoms with Crippen LogP contribution < -0.4 is 15.8 Å². The molecule has 0 radical (unpaired) electrons. The van der Waals surface area contributed by atoms with Crippen LogP contribution in [0.5, 0.6) is 5.75 Å². The SMILES string of the molecule is Cc1nn(Cc2ccccc2Cl)c2sc(C(=O)NCc3ccc(OCC(N)=O)cc3)cc12. The normalized spacial score (nSPS) is 10.9. The van der Waals surface area contributed by atoms with Crippen molar-refractivity contribution in [2.45, 2.75) is 20.0 Å². The van der Waals surface area contributed by atoms with Crippen LogP contribution in [0, 0.1) is 6.92 Å². The number of nitrogens with one attached hydrogen (secondary N) is 1. The number of aromatic nitrogens is 2. The van der Waals surface area contributed by atoms with E-state index in [2.05, 4.69) is 10.4 Å². The zero-order valence-corrected chi connectivity index (χ0v) is 18.9. The van der Waals surface area contributed by atoms with Crippen LogP contribution >= 0.6 is 22.9 Å². The van der Waals surface area contributed by atoms with Crippen molar-refractivity contribution in [1.82, 2.24) is 15.1 Å². The first-order chi connectivity index (χ1) is 15.4. The second kappa shape index (κ2) is 9.42. The molecule has 0 saturated carbocycles. The van der Waals surface area contributed by atoms with Crippen molar-refractivity contribution >= 4 is 45.0 Å². The van der Waals surface area contributed by atoms with Gasteiger partial charge in [0.1, 0.15) is 10.6 Å². The van der Waals surface area contributed by atoms with E-state index in [0.717, 1.165) is 27.0 Å². The molecule has 164 valence electrons. The van der Waals surface area contributed by atoms with E-state index >= 15 is 0 Å². The molecule has 0 aliphatic rings. The number of amides is 2. The van der Waals surface area contributed by atoms with Crippen molar-refractivity contribution in [3.63, 3.8) is 0 Å². The van der Waals surface area contributed by atoms with Crippen LogP contribution in [-0.4, -0.2) is 28.2 Å². The number of carbonyl (C=O) groups excluding carboxylic acids is 2. The predicted octanol–water partition coefficient (Wildman–Crippen LogP) is 3.90. The molecule has 7 nitrogen and oxygen atoms in total. The van der Waals surface area contributed by atoms with Gasteiger partial charge in [0.05, 0.1) is 17.1 Å². The number of aryl methyl sites for hydroxylation is 1. The molecule has 0 unspecified atom stereocenters. The number of halogens is 1. The third kappa shape index (κ3) is 4.92. The third-order valence-electron chi connectivity index (χ3n) is 4.87. The molecule has 0 bridgehead atoms. The number of ether oxygens (including phenoxy) is 1. The molecule has 2 aromatic carbocycles. The molecule has 0 saturated heterocycles. The Morgan fingerprint density at radius 2 is 1.94 bits per heavy atom. The van der Waals surface area contributed by atoms with Crippen LogP contribution in [-0.2, 0) is 17.9 Å². The van der Waals surface area contributed by atoms with Crippen molar-refractivity contribution in [1.29, 1.82) is 0 Å². The van der Waals surface area contributed by atoms with Crippen LogP contribution in [0.2, 0.25) is 5.02 Å². The van der Waals surface area contributed by atoms with Crippen LogP contribution in [0.4, 0.5) is 0 Å². The number of carbonyl (C=O) groups is 2. The molecule has 9 heteroatoms. The van der Waals surface area contributed by atoms with Crippen molar-refractivity contribution in [3.8, 4) is 5.75 Å². The predicted molar refractivity (Wildman–Crippen MR) is 125 cm³/mol. The molecule has 4 rings (SSSR count). The Bertz CT molecular complexity index is 1280. The second-order valence-corrected chi connectivity index (χ2v) is 8.68. The Balaban J connectivity index is 1.44. The van der Waals surface area contributed by atoms with Gasteiger partial charge in [0.25, 0.3) is 11.8 Å². The monoisotopic (exact) mass is 468 g/mol. The van der Waals surface area contributed by atoms with Gasteiger partial charge in [-0.15, -0.1) is 11.3 Å². The Morgan fingerprint density at radius 1 is 1.19 bits per heavy atom. The minimum Gasteiger partial charge on any atom is -0.484 e. The largest absolute Gasteiger partial charge is 0.484 e. The average Bonchev–Trinajstić information content (AvgIpc) is 3.34. The summed E-state index contributed by atoms with van der Waals surface area (Å²) in [5, 5.41) is 9.20. The standard InChI is InChI=1S/C23H21ClN4O3S/c1-14-18-10-20(32-23(18)28(27-14)12-16-4-2-3-5-19(16)24)22(30)26-11-15-6-8-17(9-7-15)31-13-21(25)29/h2-10H,11-13H2,1H3,(H2,25,29)(H,26,30). The van der Waals surface area contributed by atoms with E-state index in [0.29, 0.717) is 28.7 Å². The summed E-state index contributed by atoms with van der Waals surface area (Å²) in [6, 6.07) is 16.7. The maximum Gasteiger partial charge on any atom is 0.261 e. The van der Waals surface area contributed by atoms with E-state index < -0.39 is 5.91 Å². The summed E-state index contributed by atoms with van der Waals surface area (Å²) in [6.07, 6.45) is 0. The number of hydrogen-bond acceptors (Lipinski definition) is 5. The Hall–Kier alpha value is -3.36. The molecular weight excluding hydrogens is 448 g/mol. The maximum absolute atomic E-state index is 12.7. The summed E-state index contributed by atoms with van der Waals surface area (Å²) in [7, 11) is 0. The molecule has 0 fully saturated rings. The van der Waals surface area contributed by atoms with E-state index in [-0.39, 0.29) is 12.5 Å². The number of nitrogens with zero attached hydrogens (tertiary/aromatic N) is 2. The number of primary amides is 1. The van der Waals surface area contributed by atoms with E-state index in [1.54, 1.807) is 12.1 Å². The van der Waals surface area contributed by atoms with Crippen molar-refractivity contribution < 1.29 is 14.3 Å². The topological polar surface area (TPSA) is 99.2 Å². The molecule has 0 aliphatic carbocycles. The van der Waals surface area contributed by atoms with Gasteiger partial charge in [-0.3, -0.25) is 14.3 Å². The van der Waals surface area contributed by atoms with Gasteiger partial charge < -0.3 is 15.8 Å². The van der Waals surface area contributed by atoms with Gasteiger partial charge >= 0.3 is 0 Å². The lowest BCUT2D eigenvalue weighted by Gasteiger charge is -2.07. The van der Waals surface area contributed by atoms with Crippen LogP contribution in [0.25, 0.3) is 10.2 Å². The van der Waals surface area contributed by atoms with Crippen molar-refractivity contribution in [2.75, 3.05) is 6.61 Å². The molecule has 0 spiro atoms. The summed E-state index contributed by atoms with van der Waals surface area (Å²) < 4.78 is 7.12. The van der Waals surface area contributed by atoms with Crippen LogP contribution in [0.3, 0.4) is 0 Å². The van der Waals surface area contributed by atoms with Crippen molar-refractivity contribution in [2.24, 2.45) is 5.73 Å². The molecule has 0 atom stereocenters. The zero-order valence-electron chi connectivity index (χ0n) is 17.3. The van der Waals surface area contributed by atoms with Gasteiger partial charge in [0.2, 0.25) is 0 Å². The quantitative estimate of drug-likeness (QED) is 0.409. The van der Waals surface area contributed by atoms with Crippen LogP contribution in [0.15, 0.2) is 54.6 Å². The highest BCUT2D eigenvalue weighted by Gasteiger charge is 2.17. The highest BCUT2D eigenvalue weighted by Crippen LogP contribution is 2.29. The molecule has 3 N–H and O–H groups in total. The van der Waals surface area contributed by atoms with E-state index in [1.165, 1.54) is 11.3 Å². The lowest BCUT2D eigenvalue weighted by molar-refractivity contribution is -0.119. The first kappa shape index (κ1) is 21.9. The lowest BCUT2D eigenvalue weighted by atomic mass is 10.2. The van der Waals surface area contributed by atoms with E-state index in [9.17, 15) is 9.59 Å². The van der Waals surface area contributed by atoms with Gasteiger partial charge in [-0.2, -0.15) is 5.10 Å². The van der Waals surface area contributed by atoms with Gasteiger partial charge in [-0.05, 0) is 42.3 Å². The Labute approximate surface area is 193 Å². The number of thiophene rings is 1. The van der Waals surface area contributed by atoms with Gasteiger partial charge in [-0.1, -0.05) is 41.9 Å². The van der Waals surface area contributed by atoms with Gasteiger partial charge in [0, 0.05) is 17.0 Å². The summed E-state index contributed by atoms with van der Waals surface area (Å²) in [4.78, 5) is 25.1. The summed E-state index contributed by atoms with van der Waals surface area (Å²) >= 11 is 7.70. The molecule has 2 amide bonds. The smallest absolute Gasteiger partial charge is 0.261 e. The summed E-state index contributed by atoms with van der Waals surface area (Å²) in [5.74, 6) is -0.138. The third-order valence-corrected chi connectivity index (χ3v) is 6.38. The summed E-state index contributed by atoms with van der Waals surface area (Å²) in [6.45, 7) is 2.67. The van der Waals surface area contributed by atoms with Crippen LogP contribution in [0.1, 0.15) is 26.5 Å². The molecule has 32 heavy (non-hydrogen) atoms. The number of fused-ring (bicyclic) bond motifs is 1. The minimum absolute atomic E-state index is 0.149. The second-order valence-electron chi connectivity index (χ2n) is 7.25. The minimum atomic E-state index is -0.533. The van der Waals surface area contributed by atoms with E-state index in [4.69, 9.17) is 22.1 Å². The highest BCUT2D eigenvalue weighted by atomic mass is 35.5. The lowest BCUT2D eigenvalue weighted by Crippen LogP contribution is -2.22. The number of nitrogens with two attached hydrogens (primary N) is 1. The zero-order chi connectivity index (χ0) is 22.7. The van der Waals surface area contributed by atoms with Gasteiger partial charge in [-0.25, -0.2) is 0 Å². The molecule has 2 aromatic heterocycles. The average molecular weight is 469 g/mol. The molecule has 2 heterocycles. The summed E-state index contributed by atoms with van der Waals surface area (Å²) in [5.41, 5.74) is 7.82. The molecular formula is C23H21ClN4O3S. The van der Waals surface area contributed by atoms with E-state index in [1.807, 2.05) is 54.1 Å². The Morgan fingerprint density at radius 3 is 2.66 bits per heavy atom. The maximum atomic E-state index is 12.7. The fourth-order valence-corrected chi connectivity index (χ4v) is 4.52.